The molecule has 5 aromatic rings. The summed E-state index contributed by atoms with van der Waals surface area (Å²) in [5, 5.41) is 38.6. The van der Waals surface area contributed by atoms with Crippen LogP contribution in [0.25, 0.3) is 10.9 Å². The zero-order valence-electron chi connectivity index (χ0n) is 55.5. The summed E-state index contributed by atoms with van der Waals surface area (Å²) in [6, 6.07) is 6.72. The maximum Gasteiger partial charge on any atom is 0.266 e. The molecule has 34 heteroatoms. The van der Waals surface area contributed by atoms with Gasteiger partial charge in [-0.2, -0.15) is 23.5 Å². The fraction of sp³-hybridized carbons (Fsp3) is 0.455. The summed E-state index contributed by atoms with van der Waals surface area (Å²) in [6.07, 6.45) is 6.88. The number of hydrogen-bond acceptors (Lipinski definition) is 19. The van der Waals surface area contributed by atoms with E-state index in [1.54, 1.807) is 50.4 Å². The molecule has 7 rings (SSSR count). The van der Waals surface area contributed by atoms with Gasteiger partial charge in [-0.3, -0.25) is 57.7 Å². The van der Waals surface area contributed by atoms with Crippen molar-refractivity contribution < 1.29 is 67.4 Å². The Kier molecular flexibility index (Phi) is 30.2. The van der Waals surface area contributed by atoms with Crippen molar-refractivity contribution in [2.24, 2.45) is 39.0 Å². The van der Waals surface area contributed by atoms with Crippen molar-refractivity contribution in [1.82, 2.24) is 62.8 Å². The number of para-hydroxylation sites is 1. The van der Waals surface area contributed by atoms with Gasteiger partial charge in [0.05, 0.1) is 25.9 Å². The molecule has 2 aromatic heterocycles. The number of oxime groups is 1. The summed E-state index contributed by atoms with van der Waals surface area (Å²) in [7, 11) is 0. The molecule has 9 atom stereocenters. The Hall–Kier alpha value is -10.4. The quantitative estimate of drug-likeness (QED) is 0.0347. The first-order chi connectivity index (χ1) is 48.0. The zero-order valence-corrected chi connectivity index (χ0v) is 57.1. The fourth-order valence-electron chi connectivity index (χ4n) is 10.8. The number of thioether (sulfide) groups is 2. The Labute approximate surface area is 585 Å². The first-order valence-electron chi connectivity index (χ1n) is 32.7. The van der Waals surface area contributed by atoms with Gasteiger partial charge in [-0.1, -0.05) is 61.8 Å². The molecular weight excluding hydrogens is 1330 g/mol. The molecule has 20 N–H and O–H groups in total. The first-order valence-corrected chi connectivity index (χ1v) is 35.0. The van der Waals surface area contributed by atoms with Gasteiger partial charge in [0, 0.05) is 77.8 Å². The number of fused-ring (bicyclic) bond motifs is 6. The van der Waals surface area contributed by atoms with Gasteiger partial charge in [0.25, 0.3) is 5.91 Å². The van der Waals surface area contributed by atoms with Gasteiger partial charge in [-0.15, -0.1) is 0 Å². The van der Waals surface area contributed by atoms with Gasteiger partial charge in [0.2, 0.25) is 59.1 Å². The molecule has 3 aromatic carbocycles. The number of aromatic amines is 2. The van der Waals surface area contributed by atoms with Crippen LogP contribution in [0, 0.1) is 5.92 Å². The number of carbonyl (C=O) groups excluding carboxylic acids is 11. The Morgan fingerprint density at radius 3 is 2.02 bits per heavy atom. The lowest BCUT2D eigenvalue weighted by molar-refractivity contribution is -0.135. The molecule has 0 unspecified atom stereocenters. The summed E-state index contributed by atoms with van der Waals surface area (Å²) in [5.41, 5.74) is 26.1. The van der Waals surface area contributed by atoms with Crippen LogP contribution in [0.5, 0.6) is 11.5 Å². The van der Waals surface area contributed by atoms with Crippen LogP contribution in [-0.4, -0.2) is 183 Å². The maximum absolute atomic E-state index is 15.2. The van der Waals surface area contributed by atoms with Crippen molar-refractivity contribution in [3.05, 3.63) is 113 Å². The van der Waals surface area contributed by atoms with Gasteiger partial charge in [-0.05, 0) is 97.0 Å². The molecule has 4 heterocycles. The number of aromatic hydroxyl groups is 1. The highest BCUT2D eigenvalue weighted by Crippen LogP contribution is 2.26. The molecule has 2 aliphatic heterocycles. The van der Waals surface area contributed by atoms with Gasteiger partial charge < -0.3 is 95.4 Å². The van der Waals surface area contributed by atoms with Crippen molar-refractivity contribution in [2.75, 3.05) is 37.8 Å². The van der Waals surface area contributed by atoms with E-state index < -0.39 is 132 Å². The van der Waals surface area contributed by atoms with Crippen LogP contribution in [-0.2, 0) is 88.3 Å². The third-order valence-corrected chi connectivity index (χ3v) is 18.5. The smallest absolute Gasteiger partial charge is 0.266 e. The van der Waals surface area contributed by atoms with Crippen LogP contribution in [0.1, 0.15) is 93.2 Å². The number of H-pyrrole nitrogens is 2. The molecule has 0 radical (unpaired) electrons. The SMILES string of the molecule is CC[C@H](C)[C@@H]1NC(=O)[C@H](CCCN=C(N)N)NC(=O)CNC(=O)[C@H](Cc2ccc(O)cc2)NC(=O)[C@H](Cc2c[nH]c3ccccc23)NC(=O)[C@H](Cc2cnc[nH]2)NC(=O)[C@@H]2CSCc3cc(cc(c3)OCCCCCCO/N=C/C(=O)N[C@@H](CC(N)=O)C(=O)N2)CSC[C@@H](C(N)=O)NC1=O. The monoisotopic (exact) mass is 1420 g/mol. The summed E-state index contributed by atoms with van der Waals surface area (Å²) in [6.45, 7) is 3.25. The predicted molar refractivity (Wildman–Crippen MR) is 374 cm³/mol. The number of ether oxygens (including phenoxy) is 1. The van der Waals surface area contributed by atoms with E-state index in [9.17, 15) is 43.5 Å². The molecule has 11 amide bonds. The van der Waals surface area contributed by atoms with Crippen LogP contribution in [0.2, 0.25) is 0 Å². The number of hydrogen-bond donors (Lipinski definition) is 16. The number of nitrogens with two attached hydrogens (primary N) is 4. The largest absolute Gasteiger partial charge is 0.508 e. The number of aromatic nitrogens is 3. The highest BCUT2D eigenvalue weighted by Gasteiger charge is 2.36. The van der Waals surface area contributed by atoms with E-state index in [1.807, 2.05) is 12.1 Å². The summed E-state index contributed by atoms with van der Waals surface area (Å²) >= 11 is 2.44. The number of phenolic OH excluding ortho intramolecular Hbond substituents is 1. The average molecular weight is 1420 g/mol. The molecule has 0 fully saturated rings. The lowest BCUT2D eigenvalue weighted by atomic mass is 9.97. The number of guanidine groups is 1. The molecule has 0 saturated heterocycles. The normalized spacial score (nSPS) is 22.9. The van der Waals surface area contributed by atoms with E-state index in [-0.39, 0.29) is 80.0 Å². The number of benzene rings is 3. The molecule has 0 spiro atoms. The van der Waals surface area contributed by atoms with Crippen LogP contribution in [0.15, 0.2) is 95.6 Å². The number of nitrogens with one attached hydrogen (secondary N) is 11. The molecule has 100 heavy (non-hydrogen) atoms. The van der Waals surface area contributed by atoms with Crippen molar-refractivity contribution in [3.8, 4) is 11.5 Å². The topological polar surface area (TPSA) is 508 Å². The Morgan fingerprint density at radius 1 is 0.680 bits per heavy atom. The molecule has 32 nitrogen and oxygen atoms in total. The Morgan fingerprint density at radius 2 is 1.34 bits per heavy atom. The lowest BCUT2D eigenvalue weighted by Gasteiger charge is -2.28. The first kappa shape index (κ1) is 77.0. The summed E-state index contributed by atoms with van der Waals surface area (Å²) in [4.78, 5) is 175. The molecule has 0 saturated carbocycles. The predicted octanol–water partition coefficient (Wildman–Crippen LogP) is -0.785. The number of aliphatic imine (C=N–C) groups is 1. The minimum absolute atomic E-state index is 0.0288. The van der Waals surface area contributed by atoms with Crippen LogP contribution < -0.4 is 75.5 Å². The third-order valence-electron chi connectivity index (χ3n) is 16.3. The maximum atomic E-state index is 15.2. The second kappa shape index (κ2) is 39.3. The van der Waals surface area contributed by atoms with Gasteiger partial charge in [0.15, 0.2) is 5.96 Å². The molecular formula is C66H88N18O14S2. The Bertz CT molecular complexity index is 3700. The van der Waals surface area contributed by atoms with Gasteiger partial charge in [0.1, 0.15) is 72.7 Å². The summed E-state index contributed by atoms with van der Waals surface area (Å²) < 4.78 is 6.29. The minimum Gasteiger partial charge on any atom is -0.508 e. The summed E-state index contributed by atoms with van der Waals surface area (Å²) in [5.74, 6) is -10.1. The van der Waals surface area contributed by atoms with E-state index in [0.717, 1.165) is 24.6 Å². The Balaban J connectivity index is 1.31. The van der Waals surface area contributed by atoms with Crippen molar-refractivity contribution >= 4 is 112 Å². The number of amides is 11. The van der Waals surface area contributed by atoms with Crippen LogP contribution in [0.3, 0.4) is 0 Å². The average Bonchev–Trinajstić information content (AvgIpc) is 1.58. The molecule has 0 aliphatic carbocycles. The number of rotatable bonds is 15. The zero-order chi connectivity index (χ0) is 72.1. The highest BCUT2D eigenvalue weighted by molar-refractivity contribution is 7.98. The van der Waals surface area contributed by atoms with Crippen molar-refractivity contribution in [3.63, 3.8) is 0 Å². The number of imidazole rings is 1. The van der Waals surface area contributed by atoms with Crippen LogP contribution >= 0.6 is 23.5 Å². The van der Waals surface area contributed by atoms with Crippen molar-refractivity contribution in [2.45, 2.75) is 144 Å². The standard InChI is InChI=1S/C66H88N18O14S2/c1-3-37(2)57-65(96)82-52(58(68)89)34-99-32-39-21-40-23-44(22-39)97-19-8-4-5-9-20-98-76-31-56(88)78-51(27-54(67)86)63(94)83-53(35-100-33-40)64(95)81-50(26-42-29-71-36-75-42)62(93)80-49(25-41-28-73-46-12-7-6-11-45(41)46)61(92)79-48(24-38-14-16-43(85)17-15-38)59(90)74-30-55(87)77-47(60(91)84-57)13-10-18-72-66(69)70/h6-7,11-12,14-17,21-23,28-29,31,36-37,47-53,57,73,85H,3-5,8-10,13,18-20,24-27,30,32-35H2,1-2H3,(H2,67,86)(H2,68,89)(H,71,75)(H,74,90)(H,77,87)(H,78,88)(H,79,92)(H,80,93)(H,81,95)(H,82,96)(H,83,94)(H,84,91)(H4,69,70,72)/b76-31+/t37-,47-,48-,49-,50-,51-,52-,53-,57-/m0/s1. The number of carbonyl (C=O) groups is 11. The van der Waals surface area contributed by atoms with Crippen LogP contribution in [0.4, 0.5) is 0 Å². The number of phenols is 1. The number of primary amides is 2. The highest BCUT2D eigenvalue weighted by atomic mass is 32.2. The number of nitrogens with zero attached hydrogens (tertiary/aromatic N) is 3. The molecule has 2 aliphatic rings. The second-order valence-electron chi connectivity index (χ2n) is 24.2. The van der Waals surface area contributed by atoms with E-state index in [2.05, 4.69) is 73.0 Å². The third kappa shape index (κ3) is 25.2. The van der Waals surface area contributed by atoms with E-state index in [1.165, 1.54) is 60.3 Å². The van der Waals surface area contributed by atoms with Gasteiger partial charge in [-0.25, -0.2) is 4.98 Å². The van der Waals surface area contributed by atoms with E-state index >= 15 is 14.4 Å². The molecule has 4 bridgehead atoms. The fourth-order valence-corrected chi connectivity index (χ4v) is 12.8. The van der Waals surface area contributed by atoms with E-state index in [4.69, 9.17) is 32.5 Å². The second-order valence-corrected chi connectivity index (χ2v) is 26.2. The van der Waals surface area contributed by atoms with Gasteiger partial charge >= 0.3 is 0 Å². The lowest BCUT2D eigenvalue weighted by Crippen LogP contribution is -2.61. The minimum atomic E-state index is -1.65. The molecule has 538 valence electrons. The van der Waals surface area contributed by atoms with Crippen molar-refractivity contribution in [1.29, 1.82) is 0 Å². The van der Waals surface area contributed by atoms with E-state index in [0.29, 0.717) is 64.9 Å².